The molecule has 1 aromatic carbocycles. The average Bonchev–Trinajstić information content (AvgIpc) is 2.95. The third-order valence-corrected chi connectivity index (χ3v) is 3.64. The Morgan fingerprint density at radius 3 is 2.75 bits per heavy atom. The fourth-order valence-electron chi connectivity index (χ4n) is 2.26. The summed E-state index contributed by atoms with van der Waals surface area (Å²) in [6.07, 6.45) is 1.68. The molecule has 5 nitrogen and oxygen atoms in total. The second kappa shape index (κ2) is 4.52. The maximum Gasteiger partial charge on any atom is 0.256 e. The first kappa shape index (κ1) is 12.5. The van der Waals surface area contributed by atoms with Crippen molar-refractivity contribution in [3.05, 3.63) is 46.8 Å². The molecule has 3 N–H and O–H groups in total. The van der Waals surface area contributed by atoms with Crippen molar-refractivity contribution in [2.75, 3.05) is 5.32 Å². The number of amides is 1. The van der Waals surface area contributed by atoms with E-state index in [1.165, 1.54) is 5.56 Å². The van der Waals surface area contributed by atoms with E-state index in [0.29, 0.717) is 11.4 Å². The second-order valence-electron chi connectivity index (χ2n) is 5.02. The summed E-state index contributed by atoms with van der Waals surface area (Å²) in [5, 5.41) is 10.6. The molecule has 0 aliphatic rings. The molecule has 0 aliphatic heterocycles. The molecule has 1 amide bonds. The standard InChI is InChI=1S/C15H16N4O/c1-8-7-16-19-14(8)18-15(20)11-4-5-13-12(6-11)9(2)10(3)17-13/h4-7,17H,1-3H3,(H2,16,18,19,20). The van der Waals surface area contributed by atoms with Crippen LogP contribution in [0.2, 0.25) is 0 Å². The van der Waals surface area contributed by atoms with E-state index in [-0.39, 0.29) is 5.91 Å². The highest BCUT2D eigenvalue weighted by molar-refractivity contribution is 6.06. The Labute approximate surface area is 116 Å². The molecule has 2 heterocycles. The number of benzene rings is 1. The average molecular weight is 268 g/mol. The van der Waals surface area contributed by atoms with Crippen LogP contribution in [0.5, 0.6) is 0 Å². The van der Waals surface area contributed by atoms with Gasteiger partial charge < -0.3 is 10.3 Å². The van der Waals surface area contributed by atoms with Crippen LogP contribution in [0.3, 0.4) is 0 Å². The molecular formula is C15H16N4O. The molecule has 0 bridgehead atoms. The van der Waals surface area contributed by atoms with Crippen LogP contribution in [0.25, 0.3) is 10.9 Å². The van der Waals surface area contributed by atoms with Gasteiger partial charge >= 0.3 is 0 Å². The van der Waals surface area contributed by atoms with Crippen molar-refractivity contribution in [3.63, 3.8) is 0 Å². The lowest BCUT2D eigenvalue weighted by molar-refractivity contribution is 0.102. The van der Waals surface area contributed by atoms with E-state index >= 15 is 0 Å². The minimum atomic E-state index is -0.141. The third kappa shape index (κ3) is 1.97. The number of nitrogens with zero attached hydrogens (tertiary/aromatic N) is 1. The van der Waals surface area contributed by atoms with Crippen molar-refractivity contribution in [2.24, 2.45) is 0 Å². The first-order valence-electron chi connectivity index (χ1n) is 6.46. The quantitative estimate of drug-likeness (QED) is 0.668. The van der Waals surface area contributed by atoms with Crippen molar-refractivity contribution >= 4 is 22.6 Å². The summed E-state index contributed by atoms with van der Waals surface area (Å²) in [4.78, 5) is 15.6. The molecule has 2 aromatic heterocycles. The van der Waals surface area contributed by atoms with Crippen LogP contribution in [0.15, 0.2) is 24.4 Å². The number of nitrogens with one attached hydrogen (secondary N) is 3. The van der Waals surface area contributed by atoms with Crippen LogP contribution in [0.1, 0.15) is 27.2 Å². The van der Waals surface area contributed by atoms with Crippen LogP contribution in [-0.4, -0.2) is 21.1 Å². The summed E-state index contributed by atoms with van der Waals surface area (Å²) >= 11 is 0. The molecule has 3 rings (SSSR count). The number of carbonyl (C=O) groups excluding carboxylic acids is 1. The normalized spacial score (nSPS) is 10.9. The van der Waals surface area contributed by atoms with Gasteiger partial charge in [-0.05, 0) is 44.5 Å². The van der Waals surface area contributed by atoms with Gasteiger partial charge in [0, 0.05) is 27.7 Å². The Balaban J connectivity index is 1.95. The first-order valence-corrected chi connectivity index (χ1v) is 6.46. The number of aryl methyl sites for hydroxylation is 3. The molecule has 0 aliphatic carbocycles. The number of hydrogen-bond donors (Lipinski definition) is 3. The molecule has 102 valence electrons. The topological polar surface area (TPSA) is 73.6 Å². The minimum Gasteiger partial charge on any atom is -0.358 e. The van der Waals surface area contributed by atoms with Crippen LogP contribution in [0.4, 0.5) is 5.82 Å². The van der Waals surface area contributed by atoms with Gasteiger partial charge in [0.15, 0.2) is 0 Å². The zero-order chi connectivity index (χ0) is 14.3. The van der Waals surface area contributed by atoms with Gasteiger partial charge in [0.25, 0.3) is 5.91 Å². The molecule has 0 atom stereocenters. The van der Waals surface area contributed by atoms with Gasteiger partial charge in [-0.2, -0.15) is 5.10 Å². The minimum absolute atomic E-state index is 0.141. The van der Waals surface area contributed by atoms with E-state index in [9.17, 15) is 4.79 Å². The first-order chi connectivity index (χ1) is 9.56. The summed E-state index contributed by atoms with van der Waals surface area (Å²) in [5.74, 6) is 0.495. The van der Waals surface area contributed by atoms with E-state index in [4.69, 9.17) is 0 Å². The van der Waals surface area contributed by atoms with Crippen molar-refractivity contribution in [3.8, 4) is 0 Å². The van der Waals surface area contributed by atoms with Gasteiger partial charge in [-0.3, -0.25) is 9.89 Å². The Morgan fingerprint density at radius 2 is 2.05 bits per heavy atom. The Bertz CT molecular complexity index is 797. The summed E-state index contributed by atoms with van der Waals surface area (Å²) < 4.78 is 0. The molecule has 0 fully saturated rings. The fraction of sp³-hybridized carbons (Fsp3) is 0.200. The molecule has 0 saturated carbocycles. The van der Waals surface area contributed by atoms with E-state index in [0.717, 1.165) is 22.2 Å². The predicted octanol–water partition coefficient (Wildman–Crippen LogP) is 3.07. The second-order valence-corrected chi connectivity index (χ2v) is 5.02. The van der Waals surface area contributed by atoms with Crippen molar-refractivity contribution in [1.29, 1.82) is 0 Å². The lowest BCUT2D eigenvalue weighted by atomic mass is 10.1. The van der Waals surface area contributed by atoms with E-state index < -0.39 is 0 Å². The van der Waals surface area contributed by atoms with Crippen LogP contribution in [-0.2, 0) is 0 Å². The molecule has 0 spiro atoms. The van der Waals surface area contributed by atoms with Crippen LogP contribution in [0, 0.1) is 20.8 Å². The number of hydrogen-bond acceptors (Lipinski definition) is 2. The Kier molecular flexibility index (Phi) is 2.82. The van der Waals surface area contributed by atoms with E-state index in [2.05, 4.69) is 27.4 Å². The third-order valence-electron chi connectivity index (χ3n) is 3.64. The van der Waals surface area contributed by atoms with Gasteiger partial charge in [0.2, 0.25) is 0 Å². The highest BCUT2D eigenvalue weighted by atomic mass is 16.1. The SMILES string of the molecule is Cc1cn[nH]c1NC(=O)c1ccc2[nH]c(C)c(C)c2c1. The lowest BCUT2D eigenvalue weighted by Gasteiger charge is -2.04. The zero-order valence-electron chi connectivity index (χ0n) is 11.7. The largest absolute Gasteiger partial charge is 0.358 e. The summed E-state index contributed by atoms with van der Waals surface area (Å²) in [6, 6.07) is 5.66. The molecule has 0 radical (unpaired) electrons. The van der Waals surface area contributed by atoms with Crippen LogP contribution < -0.4 is 5.32 Å². The number of aromatic nitrogens is 3. The number of aromatic amines is 2. The molecule has 20 heavy (non-hydrogen) atoms. The van der Waals surface area contributed by atoms with Crippen molar-refractivity contribution in [2.45, 2.75) is 20.8 Å². The summed E-state index contributed by atoms with van der Waals surface area (Å²) in [6.45, 7) is 5.97. The number of carbonyl (C=O) groups is 1. The van der Waals surface area contributed by atoms with E-state index in [1.54, 1.807) is 6.20 Å². The summed E-state index contributed by atoms with van der Waals surface area (Å²) in [7, 11) is 0. The molecular weight excluding hydrogens is 252 g/mol. The molecule has 3 aromatic rings. The number of fused-ring (bicyclic) bond motifs is 1. The van der Waals surface area contributed by atoms with Crippen molar-refractivity contribution in [1.82, 2.24) is 15.2 Å². The number of H-pyrrole nitrogens is 2. The van der Waals surface area contributed by atoms with Gasteiger partial charge in [-0.25, -0.2) is 0 Å². The Morgan fingerprint density at radius 1 is 1.25 bits per heavy atom. The highest BCUT2D eigenvalue weighted by Gasteiger charge is 2.11. The maximum absolute atomic E-state index is 12.3. The number of rotatable bonds is 2. The highest BCUT2D eigenvalue weighted by Crippen LogP contribution is 2.23. The van der Waals surface area contributed by atoms with Gasteiger partial charge in [-0.1, -0.05) is 0 Å². The number of anilines is 1. The fourth-order valence-corrected chi connectivity index (χ4v) is 2.26. The zero-order valence-corrected chi connectivity index (χ0v) is 11.7. The van der Waals surface area contributed by atoms with Crippen molar-refractivity contribution < 1.29 is 4.79 Å². The smallest absolute Gasteiger partial charge is 0.256 e. The van der Waals surface area contributed by atoms with E-state index in [1.807, 2.05) is 32.0 Å². The molecule has 0 saturated heterocycles. The van der Waals surface area contributed by atoms with Gasteiger partial charge in [0.05, 0.1) is 6.20 Å². The maximum atomic E-state index is 12.3. The van der Waals surface area contributed by atoms with Gasteiger partial charge in [0.1, 0.15) is 5.82 Å². The van der Waals surface area contributed by atoms with Gasteiger partial charge in [-0.15, -0.1) is 0 Å². The molecule has 5 heteroatoms. The monoisotopic (exact) mass is 268 g/mol. The van der Waals surface area contributed by atoms with Crippen LogP contribution >= 0.6 is 0 Å². The lowest BCUT2D eigenvalue weighted by Crippen LogP contribution is -2.12. The predicted molar refractivity (Wildman–Crippen MR) is 79.1 cm³/mol. The Hall–Kier alpha value is -2.56. The molecule has 0 unspecified atom stereocenters. The summed E-state index contributed by atoms with van der Waals surface area (Å²) in [5.41, 5.74) is 4.89.